The summed E-state index contributed by atoms with van der Waals surface area (Å²) in [4.78, 5) is 21.4. The highest BCUT2D eigenvalue weighted by molar-refractivity contribution is 6.38. The highest BCUT2D eigenvalue weighted by atomic mass is 35.5. The second-order valence-corrected chi connectivity index (χ2v) is 7.88. The largest absolute Gasteiger partial charge is 0.495 e. The van der Waals surface area contributed by atoms with Gasteiger partial charge in [0.15, 0.2) is 0 Å². The number of hydrogen-bond acceptors (Lipinski definition) is 6. The molecule has 0 saturated carbocycles. The van der Waals surface area contributed by atoms with Gasteiger partial charge < -0.3 is 20.5 Å². The molecule has 3 aromatic rings. The van der Waals surface area contributed by atoms with Gasteiger partial charge in [-0.05, 0) is 55.7 Å². The Kier molecular flexibility index (Phi) is 6.23. The number of nitrogens with zero attached hydrogens (tertiary/aromatic N) is 4. The minimum Gasteiger partial charge on any atom is -0.495 e. The number of aryl methyl sites for hydroxylation is 2. The molecule has 2 aromatic carbocycles. The standard InChI is InChI=1S/C23H23ClN6O2/c1-14-12-30(13-27-14)21-8-4-16(10-22(21)32-2)20(29-25)11-26-19-6-3-15-9-17(24)5-7-18(15)28-23(19)31/h4-5,7-13,19H,3,6,25H2,1-2H3,(H,28,31)/b26-11?,29-20+. The maximum Gasteiger partial charge on any atom is 0.249 e. The fourth-order valence-corrected chi connectivity index (χ4v) is 3.81. The van der Waals surface area contributed by atoms with E-state index in [1.807, 2.05) is 48.0 Å². The van der Waals surface area contributed by atoms with Crippen LogP contribution in [0.2, 0.25) is 5.02 Å². The van der Waals surface area contributed by atoms with E-state index in [4.69, 9.17) is 22.2 Å². The van der Waals surface area contributed by atoms with E-state index < -0.39 is 6.04 Å². The molecule has 8 nitrogen and oxygen atoms in total. The van der Waals surface area contributed by atoms with Crippen LogP contribution >= 0.6 is 11.6 Å². The number of amides is 1. The second-order valence-electron chi connectivity index (χ2n) is 7.45. The van der Waals surface area contributed by atoms with Crippen molar-refractivity contribution in [1.82, 2.24) is 9.55 Å². The number of methoxy groups -OCH3 is 1. The fraction of sp³-hybridized carbons (Fsp3) is 0.217. The summed E-state index contributed by atoms with van der Waals surface area (Å²) in [5.74, 6) is 6.10. The number of halogens is 1. The van der Waals surface area contributed by atoms with Crippen LogP contribution in [-0.2, 0) is 11.2 Å². The third kappa shape index (κ3) is 4.50. The van der Waals surface area contributed by atoms with E-state index in [0.29, 0.717) is 29.3 Å². The van der Waals surface area contributed by atoms with Crippen LogP contribution in [0.1, 0.15) is 23.2 Å². The van der Waals surface area contributed by atoms with E-state index in [9.17, 15) is 4.79 Å². The van der Waals surface area contributed by atoms with Gasteiger partial charge in [0.05, 0.1) is 31.0 Å². The number of rotatable bonds is 5. The molecule has 0 spiro atoms. The Morgan fingerprint density at radius 3 is 2.91 bits per heavy atom. The van der Waals surface area contributed by atoms with E-state index >= 15 is 0 Å². The lowest BCUT2D eigenvalue weighted by Gasteiger charge is -2.12. The van der Waals surface area contributed by atoms with Crippen LogP contribution < -0.4 is 15.9 Å². The first-order valence-electron chi connectivity index (χ1n) is 10.1. The average molecular weight is 451 g/mol. The Morgan fingerprint density at radius 2 is 2.19 bits per heavy atom. The number of hydrazone groups is 1. The lowest BCUT2D eigenvalue weighted by molar-refractivity contribution is -0.117. The Bertz CT molecular complexity index is 1220. The molecule has 32 heavy (non-hydrogen) atoms. The number of hydrogen-bond donors (Lipinski definition) is 2. The normalized spacial score (nSPS) is 16.5. The predicted octanol–water partition coefficient (Wildman–Crippen LogP) is 3.53. The summed E-state index contributed by atoms with van der Waals surface area (Å²) in [6.45, 7) is 1.92. The number of imidazole rings is 1. The van der Waals surface area contributed by atoms with Crippen LogP contribution in [0, 0.1) is 6.92 Å². The summed E-state index contributed by atoms with van der Waals surface area (Å²) in [6, 6.07) is 10.5. The molecule has 3 N–H and O–H groups in total. The summed E-state index contributed by atoms with van der Waals surface area (Å²) < 4.78 is 7.43. The van der Waals surface area contributed by atoms with Crippen LogP contribution in [0.15, 0.2) is 59.0 Å². The number of nitrogens with one attached hydrogen (secondary N) is 1. The highest BCUT2D eigenvalue weighted by Crippen LogP contribution is 2.27. The molecule has 1 atom stereocenters. The Hall–Kier alpha value is -3.65. The van der Waals surface area contributed by atoms with Gasteiger partial charge in [0.25, 0.3) is 0 Å². The SMILES string of the molecule is COc1cc(/C(C=NC2CCc3cc(Cl)ccc3NC2=O)=N/N)ccc1-n1cnc(C)c1. The second kappa shape index (κ2) is 9.23. The Labute approximate surface area is 190 Å². The van der Waals surface area contributed by atoms with E-state index in [1.165, 1.54) is 6.21 Å². The van der Waals surface area contributed by atoms with Crippen molar-refractivity contribution in [2.24, 2.45) is 15.9 Å². The molecule has 1 unspecified atom stereocenters. The van der Waals surface area contributed by atoms with Crippen molar-refractivity contribution < 1.29 is 9.53 Å². The number of aromatic nitrogens is 2. The summed E-state index contributed by atoms with van der Waals surface area (Å²) in [5, 5.41) is 7.42. The van der Waals surface area contributed by atoms with Crippen LogP contribution in [0.25, 0.3) is 5.69 Å². The molecular formula is C23H23ClN6O2. The maximum absolute atomic E-state index is 12.6. The summed E-state index contributed by atoms with van der Waals surface area (Å²) in [5.41, 5.74) is 4.65. The van der Waals surface area contributed by atoms with Crippen LogP contribution in [0.3, 0.4) is 0 Å². The smallest absolute Gasteiger partial charge is 0.249 e. The third-order valence-electron chi connectivity index (χ3n) is 5.30. The number of anilines is 1. The first kappa shape index (κ1) is 21.6. The Balaban J connectivity index is 1.55. The van der Waals surface area contributed by atoms with Crippen LogP contribution in [0.4, 0.5) is 5.69 Å². The van der Waals surface area contributed by atoms with E-state index in [2.05, 4.69) is 20.4 Å². The van der Waals surface area contributed by atoms with Gasteiger partial charge in [0.2, 0.25) is 5.91 Å². The number of ether oxygens (including phenoxy) is 1. The third-order valence-corrected chi connectivity index (χ3v) is 5.53. The zero-order valence-corrected chi connectivity index (χ0v) is 18.5. The van der Waals surface area contributed by atoms with Crippen molar-refractivity contribution in [3.05, 3.63) is 70.8 Å². The Morgan fingerprint density at radius 1 is 1.34 bits per heavy atom. The lowest BCUT2D eigenvalue weighted by Crippen LogP contribution is -2.25. The van der Waals surface area contributed by atoms with Gasteiger partial charge >= 0.3 is 0 Å². The molecule has 1 amide bonds. The average Bonchev–Trinajstić information content (AvgIpc) is 3.16. The molecule has 9 heteroatoms. The minimum atomic E-state index is -0.562. The molecule has 0 radical (unpaired) electrons. The predicted molar refractivity (Wildman–Crippen MR) is 126 cm³/mol. The van der Waals surface area contributed by atoms with Gasteiger partial charge in [-0.25, -0.2) is 4.98 Å². The number of carbonyl (C=O) groups is 1. The van der Waals surface area contributed by atoms with Crippen molar-refractivity contribution in [1.29, 1.82) is 0 Å². The van der Waals surface area contributed by atoms with E-state index in [0.717, 1.165) is 28.2 Å². The van der Waals surface area contributed by atoms with E-state index in [-0.39, 0.29) is 5.91 Å². The zero-order valence-electron chi connectivity index (χ0n) is 17.7. The first-order valence-corrected chi connectivity index (χ1v) is 10.5. The van der Waals surface area contributed by atoms with Gasteiger partial charge in [-0.2, -0.15) is 5.10 Å². The fourth-order valence-electron chi connectivity index (χ4n) is 3.62. The molecule has 0 bridgehead atoms. The van der Waals surface area contributed by atoms with Gasteiger partial charge in [-0.3, -0.25) is 9.79 Å². The van der Waals surface area contributed by atoms with Crippen molar-refractivity contribution in [2.75, 3.05) is 12.4 Å². The molecule has 2 heterocycles. The summed E-state index contributed by atoms with van der Waals surface area (Å²) in [7, 11) is 1.60. The molecule has 1 aliphatic heterocycles. The molecule has 1 aliphatic rings. The molecule has 0 fully saturated rings. The van der Waals surface area contributed by atoms with Gasteiger partial charge in [0, 0.05) is 22.5 Å². The topological polar surface area (TPSA) is 107 Å². The molecular weight excluding hydrogens is 428 g/mol. The van der Waals surface area contributed by atoms with Crippen molar-refractivity contribution in [3.63, 3.8) is 0 Å². The monoisotopic (exact) mass is 450 g/mol. The van der Waals surface area contributed by atoms with Crippen molar-refractivity contribution in [3.8, 4) is 11.4 Å². The zero-order chi connectivity index (χ0) is 22.7. The van der Waals surface area contributed by atoms with E-state index in [1.54, 1.807) is 19.5 Å². The van der Waals surface area contributed by atoms with Gasteiger partial charge in [0.1, 0.15) is 17.5 Å². The number of carbonyl (C=O) groups excluding carboxylic acids is 1. The molecule has 0 saturated heterocycles. The minimum absolute atomic E-state index is 0.179. The van der Waals surface area contributed by atoms with Crippen LogP contribution in [-0.4, -0.2) is 40.5 Å². The first-order chi connectivity index (χ1) is 15.5. The molecule has 164 valence electrons. The molecule has 4 rings (SSSR count). The molecule has 1 aromatic heterocycles. The number of nitrogens with two attached hydrogens (primary N) is 1. The maximum atomic E-state index is 12.6. The van der Waals surface area contributed by atoms with Crippen LogP contribution in [0.5, 0.6) is 5.75 Å². The van der Waals surface area contributed by atoms with Crippen molar-refractivity contribution in [2.45, 2.75) is 25.8 Å². The summed E-state index contributed by atoms with van der Waals surface area (Å²) in [6.07, 6.45) is 6.40. The van der Waals surface area contributed by atoms with Crippen molar-refractivity contribution >= 4 is 35.1 Å². The lowest BCUT2D eigenvalue weighted by atomic mass is 10.1. The number of aliphatic imine (C=N–C) groups is 1. The quantitative estimate of drug-likeness (QED) is 0.352. The number of benzene rings is 2. The summed E-state index contributed by atoms with van der Waals surface area (Å²) >= 11 is 6.08. The molecule has 0 aliphatic carbocycles. The van der Waals surface area contributed by atoms with Gasteiger partial charge in [-0.15, -0.1) is 0 Å². The number of fused-ring (bicyclic) bond motifs is 1. The highest BCUT2D eigenvalue weighted by Gasteiger charge is 2.23. The van der Waals surface area contributed by atoms with Gasteiger partial charge in [-0.1, -0.05) is 17.7 Å².